The van der Waals surface area contributed by atoms with Crippen molar-refractivity contribution in [1.29, 1.82) is 0 Å². The number of nitrogens with one attached hydrogen (secondary N) is 3. The molecule has 0 saturated heterocycles. The minimum absolute atomic E-state index is 0.0119. The van der Waals surface area contributed by atoms with Gasteiger partial charge in [-0.3, -0.25) is 14.4 Å². The Bertz CT molecular complexity index is 1750. The predicted molar refractivity (Wildman–Crippen MR) is 163 cm³/mol. The fraction of sp³-hybridized carbons (Fsp3) is 0.323. The summed E-state index contributed by atoms with van der Waals surface area (Å²) < 4.78 is 86.8. The lowest BCUT2D eigenvalue weighted by Gasteiger charge is -2.16. The van der Waals surface area contributed by atoms with Crippen LogP contribution in [0, 0.1) is 29.3 Å². The molecule has 2 fully saturated rings. The van der Waals surface area contributed by atoms with Gasteiger partial charge in [0.15, 0.2) is 5.82 Å². The number of carbonyl (C=O) groups excluding carboxylic acids is 3. The van der Waals surface area contributed by atoms with Crippen LogP contribution >= 0.6 is 34.8 Å². The lowest BCUT2D eigenvalue weighted by molar-refractivity contribution is -0.140. The number of hydrogen-bond acceptors (Lipinski definition) is 4. The largest absolute Gasteiger partial charge is 0.419 e. The summed E-state index contributed by atoms with van der Waals surface area (Å²) >= 11 is 18.7. The van der Waals surface area contributed by atoms with Crippen LogP contribution in [0.25, 0.3) is 0 Å². The van der Waals surface area contributed by atoms with Gasteiger partial charge in [0.05, 0.1) is 34.4 Å². The van der Waals surface area contributed by atoms with Crippen molar-refractivity contribution in [1.82, 2.24) is 0 Å². The van der Waals surface area contributed by atoms with Gasteiger partial charge in [-0.1, -0.05) is 17.7 Å². The highest BCUT2D eigenvalue weighted by molar-refractivity contribution is 6.53. The molecule has 3 aromatic carbocycles. The minimum atomic E-state index is -5.00. The first kappa shape index (κ1) is 34.8. The zero-order chi connectivity index (χ0) is 34.4. The molecule has 2 aliphatic rings. The number of carbonyl (C=O) groups is 3. The molecule has 0 bridgehead atoms. The second-order valence-corrected chi connectivity index (χ2v) is 13.0. The molecular formula is C31H24Cl3F6N3O4. The molecule has 1 unspecified atom stereocenters. The Morgan fingerprint density at radius 3 is 2.30 bits per heavy atom. The Kier molecular flexibility index (Phi) is 9.76. The average Bonchev–Trinajstić information content (AvgIpc) is 3.92. The molecule has 5 rings (SSSR count). The normalized spacial score (nSPS) is 19.1. The molecule has 0 heterocycles. The monoisotopic (exact) mass is 721 g/mol. The van der Waals surface area contributed by atoms with Crippen LogP contribution in [0.5, 0.6) is 0 Å². The van der Waals surface area contributed by atoms with Crippen molar-refractivity contribution in [3.05, 3.63) is 87.7 Å². The van der Waals surface area contributed by atoms with Gasteiger partial charge in [0.25, 0.3) is 11.8 Å². The molecule has 7 nitrogen and oxygen atoms in total. The van der Waals surface area contributed by atoms with Crippen molar-refractivity contribution < 1.29 is 45.5 Å². The summed E-state index contributed by atoms with van der Waals surface area (Å²) in [5, 5.41) is 6.70. The van der Waals surface area contributed by atoms with E-state index in [4.69, 9.17) is 39.5 Å². The lowest BCUT2D eigenvalue weighted by Crippen LogP contribution is -2.29. The fourth-order valence-electron chi connectivity index (χ4n) is 4.84. The number of hydrogen-bond donors (Lipinski definition) is 3. The number of rotatable bonds is 10. The van der Waals surface area contributed by atoms with Gasteiger partial charge in [-0.25, -0.2) is 13.2 Å². The summed E-state index contributed by atoms with van der Waals surface area (Å²) in [4.78, 5) is 38.6. The van der Waals surface area contributed by atoms with Gasteiger partial charge in [0.2, 0.25) is 5.91 Å². The van der Waals surface area contributed by atoms with E-state index < -0.39 is 80.6 Å². The quantitative estimate of drug-likeness (QED) is 0.145. The summed E-state index contributed by atoms with van der Waals surface area (Å²) in [5.41, 5.74) is -3.24. The molecule has 250 valence electrons. The van der Waals surface area contributed by atoms with Gasteiger partial charge in [-0.05, 0) is 73.7 Å². The first-order valence-electron chi connectivity index (χ1n) is 14.1. The van der Waals surface area contributed by atoms with E-state index in [0.29, 0.717) is 24.7 Å². The number of benzene rings is 3. The maximum Gasteiger partial charge on any atom is 0.419 e. The number of amides is 3. The Labute approximate surface area is 278 Å². The van der Waals surface area contributed by atoms with E-state index in [1.807, 2.05) is 0 Å². The molecule has 3 atom stereocenters. The van der Waals surface area contributed by atoms with E-state index in [9.17, 15) is 36.3 Å². The second kappa shape index (κ2) is 13.2. The molecule has 3 aromatic rings. The third-order valence-electron chi connectivity index (χ3n) is 7.71. The molecule has 2 saturated carbocycles. The van der Waals surface area contributed by atoms with E-state index in [1.165, 1.54) is 19.1 Å². The molecule has 2 aliphatic carbocycles. The topological polar surface area (TPSA) is 96.5 Å². The second-order valence-electron chi connectivity index (χ2n) is 11.2. The number of alkyl halides is 5. The van der Waals surface area contributed by atoms with E-state index in [2.05, 4.69) is 16.0 Å². The van der Waals surface area contributed by atoms with Crippen LogP contribution in [0.3, 0.4) is 0 Å². The van der Waals surface area contributed by atoms with Crippen molar-refractivity contribution in [2.45, 2.75) is 42.3 Å². The summed E-state index contributed by atoms with van der Waals surface area (Å²) in [6.07, 6.45) is -4.03. The van der Waals surface area contributed by atoms with Gasteiger partial charge in [0, 0.05) is 11.6 Å². The number of ether oxygens (including phenoxy) is 1. The highest BCUT2D eigenvalue weighted by Crippen LogP contribution is 2.65. The van der Waals surface area contributed by atoms with Crippen molar-refractivity contribution >= 4 is 69.6 Å². The SMILES string of the molecule is CC(OCC1CC1)C(=O)Nc1c(F)ccc(NC(=O)c2cc(NC(=O)[C@H]3[C@H](c4ccc(F)c(C(F)(F)F)c4)C3(Cl)Cl)ccc2Cl)c1F. The molecule has 0 aliphatic heterocycles. The van der Waals surface area contributed by atoms with E-state index in [0.717, 1.165) is 37.1 Å². The van der Waals surface area contributed by atoms with Crippen molar-refractivity contribution in [3.8, 4) is 0 Å². The van der Waals surface area contributed by atoms with Gasteiger partial charge in [0.1, 0.15) is 27.8 Å². The molecule has 3 amide bonds. The maximum atomic E-state index is 15.3. The lowest BCUT2D eigenvalue weighted by atomic mass is 10.0. The third kappa shape index (κ3) is 7.64. The van der Waals surface area contributed by atoms with Crippen LogP contribution in [0.2, 0.25) is 5.02 Å². The minimum Gasteiger partial charge on any atom is -0.368 e. The number of anilines is 3. The van der Waals surface area contributed by atoms with Gasteiger partial charge in [-0.2, -0.15) is 13.2 Å². The van der Waals surface area contributed by atoms with Crippen LogP contribution in [0.1, 0.15) is 47.2 Å². The third-order valence-corrected chi connectivity index (χ3v) is 8.98. The summed E-state index contributed by atoms with van der Waals surface area (Å²) in [6, 6.07) is 7.60. The molecule has 0 spiro atoms. The molecule has 3 N–H and O–H groups in total. The maximum absolute atomic E-state index is 15.3. The zero-order valence-electron chi connectivity index (χ0n) is 24.1. The zero-order valence-corrected chi connectivity index (χ0v) is 26.4. The summed E-state index contributed by atoms with van der Waals surface area (Å²) in [6.45, 7) is 1.77. The first-order chi connectivity index (χ1) is 22.0. The Morgan fingerprint density at radius 2 is 1.64 bits per heavy atom. The Hall–Kier alpha value is -3.52. The first-order valence-corrected chi connectivity index (χ1v) is 15.2. The Morgan fingerprint density at radius 1 is 0.957 bits per heavy atom. The van der Waals surface area contributed by atoms with Crippen LogP contribution in [-0.4, -0.2) is 34.8 Å². The number of halogens is 9. The summed E-state index contributed by atoms with van der Waals surface area (Å²) in [5.74, 6) is -8.51. The van der Waals surface area contributed by atoms with E-state index in [-0.39, 0.29) is 21.8 Å². The smallest absolute Gasteiger partial charge is 0.368 e. The van der Waals surface area contributed by atoms with Crippen LogP contribution in [-0.2, 0) is 20.5 Å². The van der Waals surface area contributed by atoms with Crippen molar-refractivity contribution in [3.63, 3.8) is 0 Å². The van der Waals surface area contributed by atoms with Crippen molar-refractivity contribution in [2.24, 2.45) is 11.8 Å². The van der Waals surface area contributed by atoms with E-state index in [1.54, 1.807) is 0 Å². The van der Waals surface area contributed by atoms with Crippen LogP contribution < -0.4 is 16.0 Å². The standard InChI is InChI=1S/C31H24Cl3F6N3O4/c1-13(47-12-14-2-3-14)27(44)43-26-21(36)8-9-22(25(26)37)42-28(45)17-11-16(5-6-19(17)32)41-29(46)24-23(30(24,33)34)15-4-7-20(35)18(10-15)31(38,39)40/h4-11,13-14,23-24H,2-3,12H2,1H3,(H,41,46)(H,42,45)(H,43,44)/t13?,23-,24+/m0/s1. The van der Waals surface area contributed by atoms with Crippen LogP contribution in [0.4, 0.5) is 43.4 Å². The van der Waals surface area contributed by atoms with Crippen molar-refractivity contribution in [2.75, 3.05) is 22.6 Å². The highest BCUT2D eigenvalue weighted by Gasteiger charge is 2.67. The van der Waals surface area contributed by atoms with Gasteiger partial charge >= 0.3 is 6.18 Å². The van der Waals surface area contributed by atoms with Crippen LogP contribution in [0.15, 0.2) is 48.5 Å². The molecule has 16 heteroatoms. The van der Waals surface area contributed by atoms with Gasteiger partial charge < -0.3 is 20.7 Å². The molecule has 0 aromatic heterocycles. The van der Waals surface area contributed by atoms with Gasteiger partial charge in [-0.15, -0.1) is 23.2 Å². The highest BCUT2D eigenvalue weighted by atomic mass is 35.5. The average molecular weight is 723 g/mol. The molecule has 47 heavy (non-hydrogen) atoms. The fourth-order valence-corrected chi connectivity index (χ4v) is 5.87. The molecule has 0 radical (unpaired) electrons. The molecular weight excluding hydrogens is 699 g/mol. The van der Waals surface area contributed by atoms with E-state index >= 15 is 4.39 Å². The summed E-state index contributed by atoms with van der Waals surface area (Å²) in [7, 11) is 0. The Balaban J connectivity index is 1.28. The predicted octanol–water partition coefficient (Wildman–Crippen LogP) is 8.31.